The van der Waals surface area contributed by atoms with Crippen molar-refractivity contribution in [1.82, 2.24) is 5.32 Å². The molecule has 1 aromatic rings. The van der Waals surface area contributed by atoms with Crippen LogP contribution in [0.3, 0.4) is 0 Å². The van der Waals surface area contributed by atoms with Crippen LogP contribution in [0.5, 0.6) is 0 Å². The number of alkyl halides is 1. The molecule has 4 heteroatoms. The summed E-state index contributed by atoms with van der Waals surface area (Å²) in [6.45, 7) is 1.27. The molecular formula is C16H20ClNO2. The van der Waals surface area contributed by atoms with Crippen molar-refractivity contribution in [1.29, 1.82) is 0 Å². The molecule has 1 aliphatic heterocycles. The maximum absolute atomic E-state index is 12.4. The molecule has 3 nitrogen and oxygen atoms in total. The standard InChI is InChI=1S/C16H20ClNO2/c17-14-4-2-1-3-5-15(14)18-16(19)11-6-7-12-9-20-10-13(12)8-11/h6-8,14-15H,1-5,9-10H2,(H,18,19). The molecular weight excluding hydrogens is 274 g/mol. The van der Waals surface area contributed by atoms with E-state index in [1.54, 1.807) is 0 Å². The molecule has 2 aliphatic rings. The average Bonchev–Trinajstić information content (AvgIpc) is 2.83. The van der Waals surface area contributed by atoms with E-state index in [0.29, 0.717) is 18.8 Å². The van der Waals surface area contributed by atoms with Crippen molar-refractivity contribution in [3.63, 3.8) is 0 Å². The Hall–Kier alpha value is -1.06. The van der Waals surface area contributed by atoms with E-state index in [2.05, 4.69) is 5.32 Å². The van der Waals surface area contributed by atoms with Crippen LogP contribution in [0.1, 0.15) is 53.6 Å². The largest absolute Gasteiger partial charge is 0.372 e. The van der Waals surface area contributed by atoms with Crippen molar-refractivity contribution in [3.05, 3.63) is 34.9 Å². The molecule has 2 atom stereocenters. The van der Waals surface area contributed by atoms with Crippen molar-refractivity contribution in [3.8, 4) is 0 Å². The third kappa shape index (κ3) is 2.99. The highest BCUT2D eigenvalue weighted by atomic mass is 35.5. The van der Waals surface area contributed by atoms with Crippen molar-refractivity contribution in [2.75, 3.05) is 0 Å². The Kier molecular flexibility index (Phi) is 4.27. The van der Waals surface area contributed by atoms with Crippen molar-refractivity contribution < 1.29 is 9.53 Å². The number of ether oxygens (including phenoxy) is 1. The van der Waals surface area contributed by atoms with Gasteiger partial charge >= 0.3 is 0 Å². The molecule has 1 fully saturated rings. The Balaban J connectivity index is 1.69. The normalized spacial score (nSPS) is 25.9. The van der Waals surface area contributed by atoms with Crippen molar-refractivity contribution >= 4 is 17.5 Å². The summed E-state index contributed by atoms with van der Waals surface area (Å²) >= 11 is 6.38. The van der Waals surface area contributed by atoms with Crippen LogP contribution in [-0.4, -0.2) is 17.3 Å². The van der Waals surface area contributed by atoms with Gasteiger partial charge in [0, 0.05) is 11.6 Å². The van der Waals surface area contributed by atoms with E-state index in [-0.39, 0.29) is 17.3 Å². The number of fused-ring (bicyclic) bond motifs is 1. The smallest absolute Gasteiger partial charge is 0.251 e. The Morgan fingerprint density at radius 2 is 1.95 bits per heavy atom. The highest BCUT2D eigenvalue weighted by molar-refractivity contribution is 6.21. The lowest BCUT2D eigenvalue weighted by atomic mass is 10.0. The number of halogens is 1. The minimum Gasteiger partial charge on any atom is -0.372 e. The van der Waals surface area contributed by atoms with Crippen molar-refractivity contribution in [2.24, 2.45) is 0 Å². The second kappa shape index (κ2) is 6.15. The van der Waals surface area contributed by atoms with Gasteiger partial charge in [-0.25, -0.2) is 0 Å². The molecule has 1 N–H and O–H groups in total. The Morgan fingerprint density at radius 1 is 1.15 bits per heavy atom. The third-order valence-corrected chi connectivity index (χ3v) is 4.75. The zero-order valence-electron chi connectivity index (χ0n) is 11.5. The summed E-state index contributed by atoms with van der Waals surface area (Å²) in [6, 6.07) is 5.90. The molecule has 1 heterocycles. The fourth-order valence-corrected chi connectivity index (χ4v) is 3.33. The summed E-state index contributed by atoms with van der Waals surface area (Å²) in [6.07, 6.45) is 5.49. The number of hydrogen-bond donors (Lipinski definition) is 1. The van der Waals surface area contributed by atoms with Gasteiger partial charge in [-0.05, 0) is 36.1 Å². The summed E-state index contributed by atoms with van der Waals surface area (Å²) in [4.78, 5) is 12.4. The van der Waals surface area contributed by atoms with Gasteiger partial charge in [0.15, 0.2) is 0 Å². The molecule has 0 bridgehead atoms. The van der Waals surface area contributed by atoms with Gasteiger partial charge in [0.2, 0.25) is 0 Å². The van der Waals surface area contributed by atoms with Gasteiger partial charge in [0.1, 0.15) is 0 Å². The maximum Gasteiger partial charge on any atom is 0.251 e. The second-order valence-electron chi connectivity index (χ2n) is 5.71. The maximum atomic E-state index is 12.4. The first kappa shape index (κ1) is 13.9. The number of rotatable bonds is 2. The molecule has 0 radical (unpaired) electrons. The summed E-state index contributed by atoms with van der Waals surface area (Å²) in [7, 11) is 0. The van der Waals surface area contributed by atoms with Gasteiger partial charge in [-0.2, -0.15) is 0 Å². The molecule has 0 saturated heterocycles. The number of carbonyl (C=O) groups is 1. The molecule has 1 aliphatic carbocycles. The molecule has 108 valence electrons. The molecule has 1 amide bonds. The Bertz CT molecular complexity index is 503. The number of benzene rings is 1. The first-order chi connectivity index (χ1) is 9.74. The minimum absolute atomic E-state index is 0.0164. The molecule has 20 heavy (non-hydrogen) atoms. The predicted molar refractivity (Wildman–Crippen MR) is 78.9 cm³/mol. The van der Waals surface area contributed by atoms with Gasteiger partial charge in [-0.1, -0.05) is 25.3 Å². The van der Waals surface area contributed by atoms with Gasteiger partial charge in [0.05, 0.1) is 18.6 Å². The lowest BCUT2D eigenvalue weighted by Gasteiger charge is -2.21. The van der Waals surface area contributed by atoms with Crippen LogP contribution in [0, 0.1) is 0 Å². The van der Waals surface area contributed by atoms with Gasteiger partial charge in [-0.15, -0.1) is 11.6 Å². The van der Waals surface area contributed by atoms with Crippen LogP contribution < -0.4 is 5.32 Å². The van der Waals surface area contributed by atoms with Crippen molar-refractivity contribution in [2.45, 2.75) is 56.7 Å². The number of amides is 1. The van der Waals surface area contributed by atoms with E-state index in [4.69, 9.17) is 16.3 Å². The summed E-state index contributed by atoms with van der Waals surface area (Å²) in [5.41, 5.74) is 3.02. The van der Waals surface area contributed by atoms with Gasteiger partial charge < -0.3 is 10.1 Å². The van der Waals surface area contributed by atoms with Crippen LogP contribution in [0.25, 0.3) is 0 Å². The third-order valence-electron chi connectivity index (χ3n) is 4.23. The lowest BCUT2D eigenvalue weighted by molar-refractivity contribution is 0.0934. The fraction of sp³-hybridized carbons (Fsp3) is 0.562. The highest BCUT2D eigenvalue weighted by Crippen LogP contribution is 2.24. The molecule has 1 saturated carbocycles. The average molecular weight is 294 g/mol. The van der Waals surface area contributed by atoms with Gasteiger partial charge in [0.25, 0.3) is 5.91 Å². The van der Waals surface area contributed by atoms with E-state index in [9.17, 15) is 4.79 Å². The monoisotopic (exact) mass is 293 g/mol. The van der Waals surface area contributed by atoms with Crippen LogP contribution in [-0.2, 0) is 18.0 Å². The molecule has 0 spiro atoms. The van der Waals surface area contributed by atoms with Crippen LogP contribution in [0.2, 0.25) is 0 Å². The number of hydrogen-bond acceptors (Lipinski definition) is 2. The van der Waals surface area contributed by atoms with E-state index in [1.165, 1.54) is 12.0 Å². The first-order valence-electron chi connectivity index (χ1n) is 7.38. The van der Waals surface area contributed by atoms with E-state index < -0.39 is 0 Å². The number of nitrogens with one attached hydrogen (secondary N) is 1. The van der Waals surface area contributed by atoms with Gasteiger partial charge in [-0.3, -0.25) is 4.79 Å². The van der Waals surface area contributed by atoms with Crippen LogP contribution in [0.15, 0.2) is 18.2 Å². The fourth-order valence-electron chi connectivity index (χ4n) is 2.99. The van der Waals surface area contributed by atoms with Crippen LogP contribution >= 0.6 is 11.6 Å². The van der Waals surface area contributed by atoms with E-state index in [0.717, 1.165) is 31.2 Å². The Labute approximate surface area is 124 Å². The molecule has 2 unspecified atom stereocenters. The molecule has 1 aromatic carbocycles. The van der Waals surface area contributed by atoms with E-state index in [1.807, 2.05) is 18.2 Å². The SMILES string of the molecule is O=C(NC1CCCCCC1Cl)c1ccc2c(c1)COC2. The zero-order chi connectivity index (χ0) is 13.9. The zero-order valence-corrected chi connectivity index (χ0v) is 12.3. The summed E-state index contributed by atoms with van der Waals surface area (Å²) in [5, 5.41) is 3.16. The summed E-state index contributed by atoms with van der Waals surface area (Å²) in [5.74, 6) is -0.0164. The summed E-state index contributed by atoms with van der Waals surface area (Å²) < 4.78 is 5.38. The minimum atomic E-state index is -0.0164. The Morgan fingerprint density at radius 3 is 2.85 bits per heavy atom. The predicted octanol–water partition coefficient (Wildman–Crippen LogP) is 3.39. The quantitative estimate of drug-likeness (QED) is 0.670. The second-order valence-corrected chi connectivity index (χ2v) is 6.27. The first-order valence-corrected chi connectivity index (χ1v) is 7.82. The molecule has 0 aromatic heterocycles. The van der Waals surface area contributed by atoms with E-state index >= 15 is 0 Å². The number of carbonyl (C=O) groups excluding carboxylic acids is 1. The molecule has 3 rings (SSSR count). The topological polar surface area (TPSA) is 38.3 Å². The lowest BCUT2D eigenvalue weighted by Crippen LogP contribution is -2.40. The highest BCUT2D eigenvalue weighted by Gasteiger charge is 2.24. The van der Waals surface area contributed by atoms with Crippen LogP contribution in [0.4, 0.5) is 0 Å².